The van der Waals surface area contributed by atoms with E-state index in [1.54, 1.807) is 5.57 Å². The fraction of sp³-hybridized carbons (Fsp3) is 0.900. The van der Waals surface area contributed by atoms with Gasteiger partial charge in [0.1, 0.15) is 0 Å². The summed E-state index contributed by atoms with van der Waals surface area (Å²) in [5, 5.41) is 20.7. The van der Waals surface area contributed by atoms with Crippen molar-refractivity contribution in [2.24, 2.45) is 34.5 Å². The van der Waals surface area contributed by atoms with E-state index in [2.05, 4.69) is 19.9 Å². The molecule has 0 aromatic carbocycles. The Balaban J connectivity index is 1.16. The van der Waals surface area contributed by atoms with Crippen LogP contribution in [0.3, 0.4) is 0 Å². The topological polar surface area (TPSA) is 60.8 Å². The minimum atomic E-state index is -0.549. The summed E-state index contributed by atoms with van der Waals surface area (Å²) in [5.74, 6) is 3.53. The van der Waals surface area contributed by atoms with Crippen LogP contribution in [0, 0.1) is 34.5 Å². The number of allylic oxidation sites excluding steroid dienone is 1. The first-order valence-corrected chi connectivity index (χ1v) is 14.6. The van der Waals surface area contributed by atoms with Gasteiger partial charge in [0.05, 0.1) is 11.7 Å². The van der Waals surface area contributed by atoms with Crippen LogP contribution < -0.4 is 0 Å². The summed E-state index contributed by atoms with van der Waals surface area (Å²) in [5.41, 5.74) is 1.79. The van der Waals surface area contributed by atoms with E-state index in [0.717, 1.165) is 75.3 Å². The first kappa shape index (κ1) is 24.8. The van der Waals surface area contributed by atoms with Crippen molar-refractivity contribution in [3.63, 3.8) is 0 Å². The molecular weight excluding hydrogens is 422 g/mol. The summed E-state index contributed by atoms with van der Waals surface area (Å²) in [6, 6.07) is 0. The van der Waals surface area contributed by atoms with Crippen LogP contribution in [-0.4, -0.2) is 45.8 Å². The molecule has 0 aromatic heterocycles. The van der Waals surface area contributed by atoms with Crippen LogP contribution in [0.5, 0.6) is 0 Å². The van der Waals surface area contributed by atoms with E-state index in [9.17, 15) is 15.0 Å². The van der Waals surface area contributed by atoms with Crippen LogP contribution in [0.2, 0.25) is 0 Å². The lowest BCUT2D eigenvalue weighted by Gasteiger charge is -2.58. The third kappa shape index (κ3) is 4.19. The maximum absolute atomic E-state index is 12.8. The molecule has 0 bridgehead atoms. The Labute approximate surface area is 207 Å². The first-order chi connectivity index (χ1) is 16.2. The number of piperidine rings is 1. The summed E-state index contributed by atoms with van der Waals surface area (Å²) in [6.07, 6.45) is 17.3. The summed E-state index contributed by atoms with van der Waals surface area (Å²) in [7, 11) is 0. The molecule has 3 saturated carbocycles. The molecule has 5 rings (SSSR count). The number of likely N-dealkylation sites (tertiary alicyclic amines) is 1. The van der Waals surface area contributed by atoms with Gasteiger partial charge < -0.3 is 15.1 Å². The zero-order valence-electron chi connectivity index (χ0n) is 22.0. The molecule has 5 aliphatic rings. The maximum atomic E-state index is 12.8. The summed E-state index contributed by atoms with van der Waals surface area (Å²) in [6.45, 7) is 8.60. The second-order valence-corrected chi connectivity index (χ2v) is 13.3. The fourth-order valence-electron chi connectivity index (χ4n) is 9.41. The average Bonchev–Trinajstić information content (AvgIpc) is 3.16. The van der Waals surface area contributed by atoms with E-state index < -0.39 is 5.60 Å². The molecule has 1 saturated heterocycles. The molecule has 0 aromatic rings. The second-order valence-electron chi connectivity index (χ2n) is 13.3. The van der Waals surface area contributed by atoms with Crippen molar-refractivity contribution in [3.05, 3.63) is 11.6 Å². The highest BCUT2D eigenvalue weighted by molar-refractivity contribution is 5.76. The predicted octanol–water partition coefficient (Wildman–Crippen LogP) is 5.86. The van der Waals surface area contributed by atoms with Gasteiger partial charge in [-0.2, -0.15) is 0 Å². The van der Waals surface area contributed by atoms with E-state index >= 15 is 0 Å². The minimum Gasteiger partial charge on any atom is -0.393 e. The van der Waals surface area contributed by atoms with Crippen molar-refractivity contribution in [2.45, 2.75) is 122 Å². The molecule has 4 nitrogen and oxygen atoms in total. The third-order valence-corrected chi connectivity index (χ3v) is 11.9. The van der Waals surface area contributed by atoms with Gasteiger partial charge in [0.15, 0.2) is 0 Å². The van der Waals surface area contributed by atoms with E-state index in [-0.39, 0.29) is 6.10 Å². The Hall–Kier alpha value is -0.870. The molecule has 1 heterocycles. The zero-order valence-corrected chi connectivity index (χ0v) is 22.0. The highest BCUT2D eigenvalue weighted by Crippen LogP contribution is 2.66. The molecule has 2 N–H and O–H groups in total. The Morgan fingerprint density at radius 2 is 1.82 bits per heavy atom. The number of carbonyl (C=O) groups is 1. The van der Waals surface area contributed by atoms with Crippen molar-refractivity contribution >= 4 is 5.91 Å². The quantitative estimate of drug-likeness (QED) is 0.494. The SMILES string of the molecule is CCC1(O)CCN(C(=O)CCC[C@H]2CC[C@H]3[C@@H]4CC=C5C[C@@H](O)CC[C@]5(C)[C@H]4CC[C@]23C)CC1. The number of fused-ring (bicyclic) bond motifs is 5. The van der Waals surface area contributed by atoms with Gasteiger partial charge in [-0.3, -0.25) is 4.79 Å². The average molecular weight is 472 g/mol. The second kappa shape index (κ2) is 9.21. The lowest BCUT2D eigenvalue weighted by molar-refractivity contribution is -0.135. The normalized spacial score (nSPS) is 43.5. The Morgan fingerprint density at radius 3 is 2.56 bits per heavy atom. The third-order valence-electron chi connectivity index (χ3n) is 11.9. The summed E-state index contributed by atoms with van der Waals surface area (Å²) >= 11 is 0. The first-order valence-electron chi connectivity index (χ1n) is 14.6. The van der Waals surface area contributed by atoms with Crippen LogP contribution in [0.15, 0.2) is 11.6 Å². The molecule has 7 atom stereocenters. The number of amides is 1. The van der Waals surface area contributed by atoms with Gasteiger partial charge in [-0.15, -0.1) is 0 Å². The lowest BCUT2D eigenvalue weighted by Crippen LogP contribution is -2.50. The highest BCUT2D eigenvalue weighted by atomic mass is 16.3. The Bertz CT molecular complexity index is 799. The Morgan fingerprint density at radius 1 is 1.06 bits per heavy atom. The van der Waals surface area contributed by atoms with Gasteiger partial charge in [-0.05, 0) is 118 Å². The van der Waals surface area contributed by atoms with Gasteiger partial charge in [-0.25, -0.2) is 0 Å². The molecule has 0 radical (unpaired) electrons. The smallest absolute Gasteiger partial charge is 0.222 e. The van der Waals surface area contributed by atoms with Crippen LogP contribution >= 0.6 is 0 Å². The standard InChI is InChI=1S/C30H49NO3/c1-4-30(34)16-18-31(19-17-30)27(33)7-5-6-21-9-11-25-24-10-8-22-20-23(32)12-14-29(22,3)26(24)13-15-28(21,25)2/h8,21,23-26,32,34H,4-7,9-20H2,1-3H3/t21-,23-,24-,25-,26-,28+,29-/m0/s1. The van der Waals surface area contributed by atoms with Crippen molar-refractivity contribution in [3.8, 4) is 0 Å². The molecule has 1 amide bonds. The highest BCUT2D eigenvalue weighted by Gasteiger charge is 2.58. The predicted molar refractivity (Wildman–Crippen MR) is 136 cm³/mol. The molecule has 4 heteroatoms. The van der Waals surface area contributed by atoms with Crippen LogP contribution in [0.4, 0.5) is 0 Å². The molecule has 0 spiro atoms. The number of nitrogens with zero attached hydrogens (tertiary/aromatic N) is 1. The zero-order chi connectivity index (χ0) is 24.1. The number of rotatable bonds is 5. The molecule has 34 heavy (non-hydrogen) atoms. The lowest BCUT2D eigenvalue weighted by atomic mass is 9.47. The van der Waals surface area contributed by atoms with E-state index in [1.807, 2.05) is 11.8 Å². The van der Waals surface area contributed by atoms with Gasteiger partial charge in [0, 0.05) is 19.5 Å². The largest absolute Gasteiger partial charge is 0.393 e. The molecule has 1 aliphatic heterocycles. The van der Waals surface area contributed by atoms with Crippen LogP contribution in [0.1, 0.15) is 111 Å². The van der Waals surface area contributed by atoms with Gasteiger partial charge in [-0.1, -0.05) is 32.4 Å². The van der Waals surface area contributed by atoms with Crippen LogP contribution in [0.25, 0.3) is 0 Å². The minimum absolute atomic E-state index is 0.119. The van der Waals surface area contributed by atoms with Crippen LogP contribution in [-0.2, 0) is 4.79 Å². The number of aliphatic hydroxyl groups excluding tert-OH is 1. The van der Waals surface area contributed by atoms with Crippen molar-refractivity contribution < 1.29 is 15.0 Å². The molecule has 0 unspecified atom stereocenters. The monoisotopic (exact) mass is 471 g/mol. The van der Waals surface area contributed by atoms with E-state index in [4.69, 9.17) is 0 Å². The van der Waals surface area contributed by atoms with Crippen molar-refractivity contribution in [1.82, 2.24) is 4.90 Å². The molecular formula is C30H49NO3. The van der Waals surface area contributed by atoms with Crippen molar-refractivity contribution in [2.75, 3.05) is 13.1 Å². The van der Waals surface area contributed by atoms with Gasteiger partial charge >= 0.3 is 0 Å². The Kier molecular flexibility index (Phi) is 6.72. The maximum Gasteiger partial charge on any atom is 0.222 e. The fourth-order valence-corrected chi connectivity index (χ4v) is 9.41. The number of hydrogen-bond acceptors (Lipinski definition) is 3. The van der Waals surface area contributed by atoms with E-state index in [1.165, 1.54) is 44.9 Å². The summed E-state index contributed by atoms with van der Waals surface area (Å²) < 4.78 is 0. The molecule has 192 valence electrons. The van der Waals surface area contributed by atoms with Crippen molar-refractivity contribution in [1.29, 1.82) is 0 Å². The molecule has 4 aliphatic carbocycles. The molecule has 4 fully saturated rings. The van der Waals surface area contributed by atoms with Gasteiger partial charge in [0.2, 0.25) is 5.91 Å². The number of hydrogen-bond donors (Lipinski definition) is 2. The number of aliphatic hydroxyl groups is 2. The number of carbonyl (C=O) groups excluding carboxylic acids is 1. The summed E-state index contributed by atoms with van der Waals surface area (Å²) in [4.78, 5) is 14.8. The van der Waals surface area contributed by atoms with E-state index in [0.29, 0.717) is 23.2 Å². The van der Waals surface area contributed by atoms with Gasteiger partial charge in [0.25, 0.3) is 0 Å².